The van der Waals surface area contributed by atoms with Crippen LogP contribution in [0.4, 0.5) is 0 Å². The Bertz CT molecular complexity index is 446. The van der Waals surface area contributed by atoms with Gasteiger partial charge in [0.2, 0.25) is 0 Å². The van der Waals surface area contributed by atoms with Crippen LogP contribution in [0.3, 0.4) is 0 Å². The molecule has 0 spiro atoms. The summed E-state index contributed by atoms with van der Waals surface area (Å²) in [6.07, 6.45) is 7.64. The van der Waals surface area contributed by atoms with Crippen LogP contribution in [0.15, 0.2) is 18.2 Å². The zero-order valence-electron chi connectivity index (χ0n) is 12.9. The Morgan fingerprint density at radius 3 is 2.52 bits per heavy atom. The SMILES string of the molecule is CNC(Cc1ccc(Cl)cc1Cl)C(OC)C1CCCCC1. The molecule has 4 heteroatoms. The largest absolute Gasteiger partial charge is 0.380 e. The molecule has 0 bridgehead atoms. The fourth-order valence-corrected chi connectivity index (χ4v) is 3.94. The summed E-state index contributed by atoms with van der Waals surface area (Å²) in [7, 11) is 3.83. The summed E-state index contributed by atoms with van der Waals surface area (Å²) in [6.45, 7) is 0. The Balaban J connectivity index is 2.09. The molecule has 21 heavy (non-hydrogen) atoms. The van der Waals surface area contributed by atoms with Crippen molar-refractivity contribution in [3.05, 3.63) is 33.8 Å². The summed E-state index contributed by atoms with van der Waals surface area (Å²) >= 11 is 12.3. The van der Waals surface area contributed by atoms with E-state index in [4.69, 9.17) is 27.9 Å². The third kappa shape index (κ3) is 4.59. The zero-order chi connectivity index (χ0) is 15.2. The van der Waals surface area contributed by atoms with Crippen LogP contribution >= 0.6 is 23.2 Å². The number of methoxy groups -OCH3 is 1. The Kier molecular flexibility index (Phi) is 6.81. The van der Waals surface area contributed by atoms with Gasteiger partial charge >= 0.3 is 0 Å². The predicted octanol–water partition coefficient (Wildman–Crippen LogP) is 4.72. The molecule has 2 unspecified atom stereocenters. The van der Waals surface area contributed by atoms with Gasteiger partial charge < -0.3 is 10.1 Å². The van der Waals surface area contributed by atoms with Crippen LogP contribution in [0, 0.1) is 5.92 Å². The third-order valence-electron chi connectivity index (χ3n) is 4.61. The maximum atomic E-state index is 6.31. The molecule has 1 N–H and O–H groups in total. The van der Waals surface area contributed by atoms with Crippen molar-refractivity contribution in [2.75, 3.05) is 14.2 Å². The highest BCUT2D eigenvalue weighted by atomic mass is 35.5. The summed E-state index contributed by atoms with van der Waals surface area (Å²) in [5.74, 6) is 0.646. The van der Waals surface area contributed by atoms with Gasteiger partial charge in [0, 0.05) is 23.2 Å². The number of halogens is 2. The molecule has 2 rings (SSSR count). The highest BCUT2D eigenvalue weighted by molar-refractivity contribution is 6.35. The van der Waals surface area contributed by atoms with Crippen molar-refractivity contribution in [1.29, 1.82) is 0 Å². The highest BCUT2D eigenvalue weighted by Crippen LogP contribution is 2.31. The van der Waals surface area contributed by atoms with Gasteiger partial charge in [-0.1, -0.05) is 48.5 Å². The fourth-order valence-electron chi connectivity index (χ4n) is 3.45. The van der Waals surface area contributed by atoms with Crippen molar-refractivity contribution in [2.45, 2.75) is 50.7 Å². The van der Waals surface area contributed by atoms with Crippen molar-refractivity contribution < 1.29 is 4.74 Å². The van der Waals surface area contributed by atoms with Crippen molar-refractivity contribution in [3.8, 4) is 0 Å². The molecule has 0 aliphatic heterocycles. The predicted molar refractivity (Wildman–Crippen MR) is 90.4 cm³/mol. The number of likely N-dealkylation sites (N-methyl/N-ethyl adjacent to an activating group) is 1. The second-order valence-corrected chi connectivity index (χ2v) is 6.78. The molecule has 1 aliphatic carbocycles. The molecule has 118 valence electrons. The molecule has 2 atom stereocenters. The molecular weight excluding hydrogens is 305 g/mol. The second-order valence-electron chi connectivity index (χ2n) is 5.93. The minimum atomic E-state index is 0.238. The summed E-state index contributed by atoms with van der Waals surface area (Å²) < 4.78 is 5.85. The highest BCUT2D eigenvalue weighted by Gasteiger charge is 2.30. The summed E-state index contributed by atoms with van der Waals surface area (Å²) in [6, 6.07) is 6.01. The van der Waals surface area contributed by atoms with Gasteiger partial charge in [0.25, 0.3) is 0 Å². The molecule has 0 heterocycles. The summed E-state index contributed by atoms with van der Waals surface area (Å²) in [5.41, 5.74) is 1.12. The number of ether oxygens (including phenoxy) is 1. The van der Waals surface area contributed by atoms with Gasteiger partial charge in [-0.05, 0) is 49.9 Å². The minimum Gasteiger partial charge on any atom is -0.380 e. The van der Waals surface area contributed by atoms with Crippen LogP contribution in [0.1, 0.15) is 37.7 Å². The summed E-state index contributed by atoms with van der Waals surface area (Å²) in [4.78, 5) is 0. The Labute approximate surface area is 138 Å². The number of benzene rings is 1. The molecule has 1 aromatic carbocycles. The third-order valence-corrected chi connectivity index (χ3v) is 5.20. The molecule has 0 aromatic heterocycles. The Morgan fingerprint density at radius 1 is 1.24 bits per heavy atom. The number of nitrogens with one attached hydrogen (secondary N) is 1. The molecule has 0 radical (unpaired) electrons. The number of rotatable bonds is 6. The van der Waals surface area contributed by atoms with Gasteiger partial charge in [0.1, 0.15) is 0 Å². The first-order valence-corrected chi connectivity index (χ1v) is 8.55. The van der Waals surface area contributed by atoms with Crippen LogP contribution < -0.4 is 5.32 Å². The van der Waals surface area contributed by atoms with Gasteiger partial charge in [-0.25, -0.2) is 0 Å². The monoisotopic (exact) mass is 329 g/mol. The molecule has 1 fully saturated rings. The van der Waals surface area contributed by atoms with Crippen molar-refractivity contribution in [1.82, 2.24) is 5.32 Å². The van der Waals surface area contributed by atoms with Crippen LogP contribution in [0.25, 0.3) is 0 Å². The lowest BCUT2D eigenvalue weighted by molar-refractivity contribution is 0.0102. The maximum absolute atomic E-state index is 6.31. The lowest BCUT2D eigenvalue weighted by atomic mass is 9.81. The summed E-state index contributed by atoms with van der Waals surface area (Å²) in [5, 5.41) is 4.84. The average Bonchev–Trinajstić information content (AvgIpc) is 2.50. The van der Waals surface area contributed by atoms with E-state index in [1.165, 1.54) is 32.1 Å². The van der Waals surface area contributed by atoms with Crippen molar-refractivity contribution in [2.24, 2.45) is 5.92 Å². The van der Waals surface area contributed by atoms with Crippen LogP contribution in [-0.4, -0.2) is 26.3 Å². The van der Waals surface area contributed by atoms with Crippen LogP contribution in [0.5, 0.6) is 0 Å². The topological polar surface area (TPSA) is 21.3 Å². The van der Waals surface area contributed by atoms with Crippen LogP contribution in [-0.2, 0) is 11.2 Å². The van der Waals surface area contributed by atoms with Gasteiger partial charge in [-0.2, -0.15) is 0 Å². The van der Waals surface area contributed by atoms with E-state index >= 15 is 0 Å². The smallest absolute Gasteiger partial charge is 0.0755 e. The minimum absolute atomic E-state index is 0.238. The van der Waals surface area contributed by atoms with Gasteiger partial charge in [-0.15, -0.1) is 0 Å². The lowest BCUT2D eigenvalue weighted by Crippen LogP contribution is -2.45. The lowest BCUT2D eigenvalue weighted by Gasteiger charge is -2.35. The molecular formula is C17H25Cl2NO. The molecule has 0 saturated heterocycles. The molecule has 1 aromatic rings. The Morgan fingerprint density at radius 2 is 1.95 bits per heavy atom. The second kappa shape index (κ2) is 8.38. The van der Waals surface area contributed by atoms with E-state index in [-0.39, 0.29) is 12.1 Å². The van der Waals surface area contributed by atoms with Crippen molar-refractivity contribution in [3.63, 3.8) is 0 Å². The van der Waals surface area contributed by atoms with E-state index in [0.29, 0.717) is 10.9 Å². The first-order valence-electron chi connectivity index (χ1n) is 7.79. The zero-order valence-corrected chi connectivity index (χ0v) is 14.4. The quantitative estimate of drug-likeness (QED) is 0.815. The average molecular weight is 330 g/mol. The van der Waals surface area contributed by atoms with Crippen LogP contribution in [0.2, 0.25) is 10.0 Å². The van der Waals surface area contributed by atoms with E-state index < -0.39 is 0 Å². The van der Waals surface area contributed by atoms with Gasteiger partial charge in [-0.3, -0.25) is 0 Å². The number of hydrogen-bond acceptors (Lipinski definition) is 2. The van der Waals surface area contributed by atoms with Crippen molar-refractivity contribution >= 4 is 23.2 Å². The van der Waals surface area contributed by atoms with E-state index in [9.17, 15) is 0 Å². The van der Waals surface area contributed by atoms with E-state index in [0.717, 1.165) is 17.0 Å². The molecule has 0 amide bonds. The standard InChI is InChI=1S/C17H25Cl2NO/c1-20-16(10-13-8-9-14(18)11-15(13)19)17(21-2)12-6-4-3-5-7-12/h8-9,11-12,16-17,20H,3-7,10H2,1-2H3. The molecule has 1 aliphatic rings. The van der Waals surface area contributed by atoms with E-state index in [1.54, 1.807) is 0 Å². The fraction of sp³-hybridized carbons (Fsp3) is 0.647. The maximum Gasteiger partial charge on any atom is 0.0755 e. The van der Waals surface area contributed by atoms with E-state index in [1.807, 2.05) is 32.4 Å². The first kappa shape index (κ1) is 17.1. The first-order chi connectivity index (χ1) is 10.2. The number of hydrogen-bond donors (Lipinski definition) is 1. The molecule has 1 saturated carbocycles. The normalized spacial score (nSPS) is 19.4. The van der Waals surface area contributed by atoms with E-state index in [2.05, 4.69) is 5.32 Å². The molecule has 2 nitrogen and oxygen atoms in total. The van der Waals surface area contributed by atoms with Gasteiger partial charge in [0.05, 0.1) is 6.10 Å². The Hall–Kier alpha value is -0.280. The van der Waals surface area contributed by atoms with Gasteiger partial charge in [0.15, 0.2) is 0 Å².